The van der Waals surface area contributed by atoms with Crippen molar-refractivity contribution in [1.29, 1.82) is 10.5 Å². The van der Waals surface area contributed by atoms with Crippen molar-refractivity contribution >= 4 is 39.1 Å². The first-order valence-electron chi connectivity index (χ1n) is 8.79. The molecule has 10 heteroatoms. The second-order valence-corrected chi connectivity index (χ2v) is 9.14. The molecule has 1 aliphatic rings. The van der Waals surface area contributed by atoms with E-state index >= 15 is 0 Å². The Kier molecular flexibility index (Phi) is 8.09. The number of halogens is 2. The Bertz CT molecular complexity index is 882. The molecule has 0 saturated carbocycles. The number of piperidine rings is 1. The van der Waals surface area contributed by atoms with E-state index in [1.54, 1.807) is 0 Å². The smallest absolute Gasteiger partial charge is 0.244 e. The van der Waals surface area contributed by atoms with Crippen LogP contribution in [0.5, 0.6) is 0 Å². The molecule has 1 aromatic carbocycles. The van der Waals surface area contributed by atoms with E-state index in [2.05, 4.69) is 0 Å². The summed E-state index contributed by atoms with van der Waals surface area (Å²) in [5.74, 6) is -0.470. The monoisotopic (exact) mass is 442 g/mol. The molecule has 0 aliphatic carbocycles. The van der Waals surface area contributed by atoms with Gasteiger partial charge in [0.2, 0.25) is 15.9 Å². The highest BCUT2D eigenvalue weighted by Crippen LogP contribution is 2.30. The van der Waals surface area contributed by atoms with Crippen LogP contribution in [-0.4, -0.2) is 49.7 Å². The highest BCUT2D eigenvalue weighted by atomic mass is 35.5. The van der Waals surface area contributed by atoms with Crippen LogP contribution in [0, 0.1) is 28.6 Å². The van der Waals surface area contributed by atoms with Gasteiger partial charge < -0.3 is 4.90 Å². The molecule has 1 aliphatic heterocycles. The number of amides is 1. The Balaban J connectivity index is 2.06. The van der Waals surface area contributed by atoms with Gasteiger partial charge in [-0.2, -0.15) is 14.8 Å². The maximum atomic E-state index is 12.9. The van der Waals surface area contributed by atoms with E-state index in [0.717, 1.165) is 0 Å². The van der Waals surface area contributed by atoms with Gasteiger partial charge in [0.25, 0.3) is 0 Å². The number of hydrogen-bond acceptors (Lipinski definition) is 5. The topological polar surface area (TPSA) is 105 Å². The summed E-state index contributed by atoms with van der Waals surface area (Å²) in [4.78, 5) is 14.2. The van der Waals surface area contributed by atoms with E-state index in [4.69, 9.17) is 33.7 Å². The van der Waals surface area contributed by atoms with Crippen molar-refractivity contribution in [2.24, 2.45) is 5.92 Å². The van der Waals surface area contributed by atoms with Crippen LogP contribution in [0.25, 0.3) is 0 Å². The summed E-state index contributed by atoms with van der Waals surface area (Å²) in [6.45, 7) is 0.916. The zero-order valence-electron chi connectivity index (χ0n) is 15.1. The van der Waals surface area contributed by atoms with Crippen molar-refractivity contribution in [2.45, 2.75) is 30.6 Å². The van der Waals surface area contributed by atoms with Gasteiger partial charge in [0.15, 0.2) is 0 Å². The summed E-state index contributed by atoms with van der Waals surface area (Å²) in [7, 11) is -3.81. The minimum absolute atomic E-state index is 0.0453. The molecule has 0 bridgehead atoms. The molecule has 0 spiro atoms. The second-order valence-electron chi connectivity index (χ2n) is 6.39. The van der Waals surface area contributed by atoms with Crippen LogP contribution in [0.1, 0.15) is 25.7 Å². The van der Waals surface area contributed by atoms with Crippen molar-refractivity contribution in [1.82, 2.24) is 9.21 Å². The molecule has 28 heavy (non-hydrogen) atoms. The normalized spacial score (nSPS) is 15.6. The summed E-state index contributed by atoms with van der Waals surface area (Å²) in [6.07, 6.45) is 1.12. The third-order valence-electron chi connectivity index (χ3n) is 4.61. The molecule has 150 valence electrons. The number of carbonyl (C=O) groups is 1. The lowest BCUT2D eigenvalue weighted by molar-refractivity contribution is -0.136. The Hall–Kier alpha value is -1.84. The summed E-state index contributed by atoms with van der Waals surface area (Å²) < 4.78 is 27.0. The van der Waals surface area contributed by atoms with Gasteiger partial charge >= 0.3 is 0 Å². The number of benzene rings is 1. The molecule has 1 amide bonds. The molecule has 2 rings (SSSR count). The minimum Gasteiger partial charge on any atom is -0.340 e. The third kappa shape index (κ3) is 5.36. The van der Waals surface area contributed by atoms with Gasteiger partial charge in [-0.25, -0.2) is 8.42 Å². The first-order chi connectivity index (χ1) is 13.3. The maximum Gasteiger partial charge on any atom is 0.244 e. The molecule has 1 aromatic rings. The van der Waals surface area contributed by atoms with Gasteiger partial charge in [-0.15, -0.1) is 0 Å². The van der Waals surface area contributed by atoms with E-state index in [0.29, 0.717) is 12.8 Å². The zero-order valence-corrected chi connectivity index (χ0v) is 17.5. The average molecular weight is 443 g/mol. The lowest BCUT2D eigenvalue weighted by atomic mass is 9.96. The highest BCUT2D eigenvalue weighted by molar-refractivity contribution is 7.89. The average Bonchev–Trinajstić information content (AvgIpc) is 2.69. The molecule has 0 unspecified atom stereocenters. The third-order valence-corrected chi connectivity index (χ3v) is 7.23. The fourth-order valence-corrected chi connectivity index (χ4v) is 5.32. The standard InChI is InChI=1S/C18H20Cl2N4O3S/c19-15-3-4-16(20)17(13-15)28(26,27)24-11-5-14(6-12-24)18(25)23(9-1-7-21)10-2-8-22/h3-4,13-14H,1-2,5-6,9-12H2. The van der Waals surface area contributed by atoms with Gasteiger partial charge in [0, 0.05) is 37.1 Å². The molecule has 1 saturated heterocycles. The molecule has 1 fully saturated rings. The van der Waals surface area contributed by atoms with Gasteiger partial charge in [-0.05, 0) is 31.0 Å². The van der Waals surface area contributed by atoms with Crippen molar-refractivity contribution in [3.8, 4) is 12.1 Å². The van der Waals surface area contributed by atoms with Crippen LogP contribution in [0.4, 0.5) is 0 Å². The Morgan fingerprint density at radius 3 is 2.25 bits per heavy atom. The highest BCUT2D eigenvalue weighted by Gasteiger charge is 2.34. The fourth-order valence-electron chi connectivity index (χ4n) is 3.12. The van der Waals surface area contributed by atoms with Crippen LogP contribution >= 0.6 is 23.2 Å². The molecule has 7 nitrogen and oxygen atoms in total. The molecule has 0 radical (unpaired) electrons. The predicted molar refractivity (Wildman–Crippen MR) is 105 cm³/mol. The molecular formula is C18H20Cl2N4O3S. The number of sulfonamides is 1. The summed E-state index contributed by atoms with van der Waals surface area (Å²) in [5, 5.41) is 17.9. The number of rotatable bonds is 7. The van der Waals surface area contributed by atoms with Crippen LogP contribution in [0.3, 0.4) is 0 Å². The summed E-state index contributed by atoms with van der Waals surface area (Å²) >= 11 is 11.9. The van der Waals surface area contributed by atoms with Crippen LogP contribution in [0.2, 0.25) is 10.0 Å². The Labute approximate surface area is 175 Å². The van der Waals surface area contributed by atoms with Crippen molar-refractivity contribution in [3.63, 3.8) is 0 Å². The summed E-state index contributed by atoms with van der Waals surface area (Å²) in [6, 6.07) is 8.28. The first-order valence-corrected chi connectivity index (χ1v) is 11.0. The Morgan fingerprint density at radius 1 is 1.14 bits per heavy atom. The van der Waals surface area contributed by atoms with E-state index in [9.17, 15) is 13.2 Å². The molecule has 0 atom stereocenters. The zero-order chi connectivity index (χ0) is 20.7. The number of carbonyl (C=O) groups excluding carboxylic acids is 1. The maximum absolute atomic E-state index is 12.9. The van der Waals surface area contributed by atoms with Crippen LogP contribution in [0.15, 0.2) is 23.1 Å². The lowest BCUT2D eigenvalue weighted by Crippen LogP contribution is -2.44. The van der Waals surface area contributed by atoms with Crippen molar-refractivity contribution in [2.75, 3.05) is 26.2 Å². The fraction of sp³-hybridized carbons (Fsp3) is 0.500. The van der Waals surface area contributed by atoms with E-state index in [1.165, 1.54) is 27.4 Å². The largest absolute Gasteiger partial charge is 0.340 e. The molecular weight excluding hydrogens is 423 g/mol. The Morgan fingerprint density at radius 2 is 1.71 bits per heavy atom. The number of nitrogens with zero attached hydrogens (tertiary/aromatic N) is 4. The van der Waals surface area contributed by atoms with Crippen molar-refractivity contribution in [3.05, 3.63) is 28.2 Å². The SMILES string of the molecule is N#CCCN(CCC#N)C(=O)C1CCN(S(=O)(=O)c2cc(Cl)ccc2Cl)CC1. The summed E-state index contributed by atoms with van der Waals surface area (Å²) in [5.41, 5.74) is 0. The minimum atomic E-state index is -3.81. The molecule has 0 aromatic heterocycles. The number of hydrogen-bond donors (Lipinski definition) is 0. The van der Waals surface area contributed by atoms with Crippen LogP contribution in [-0.2, 0) is 14.8 Å². The second kappa shape index (κ2) is 10.1. The van der Waals surface area contributed by atoms with Gasteiger partial charge in [-0.1, -0.05) is 23.2 Å². The van der Waals surface area contributed by atoms with E-state index in [-0.39, 0.29) is 65.8 Å². The predicted octanol–water partition coefficient (Wildman–Crippen LogP) is 3.05. The van der Waals surface area contributed by atoms with E-state index in [1.807, 2.05) is 12.1 Å². The van der Waals surface area contributed by atoms with Gasteiger partial charge in [0.1, 0.15) is 4.90 Å². The lowest BCUT2D eigenvalue weighted by Gasteiger charge is -2.33. The van der Waals surface area contributed by atoms with E-state index < -0.39 is 10.0 Å². The van der Waals surface area contributed by atoms with Crippen molar-refractivity contribution < 1.29 is 13.2 Å². The first kappa shape index (κ1) is 22.4. The van der Waals surface area contributed by atoms with Gasteiger partial charge in [-0.3, -0.25) is 4.79 Å². The van der Waals surface area contributed by atoms with Gasteiger partial charge in [0.05, 0.1) is 30.0 Å². The van der Waals surface area contributed by atoms with Crippen LogP contribution < -0.4 is 0 Å². The quantitative estimate of drug-likeness (QED) is 0.644. The number of nitriles is 2. The molecule has 0 N–H and O–H groups in total. The molecule has 1 heterocycles.